The molecule has 0 amide bonds. The largest absolute Gasteiger partial charge is 0.314 e. The van der Waals surface area contributed by atoms with Crippen molar-refractivity contribution < 1.29 is 0 Å². The molecule has 1 unspecified atom stereocenters. The van der Waals surface area contributed by atoms with Crippen molar-refractivity contribution in [2.24, 2.45) is 0 Å². The minimum atomic E-state index is 0.659. The van der Waals surface area contributed by atoms with Crippen LogP contribution in [0.4, 0.5) is 0 Å². The predicted octanol–water partition coefficient (Wildman–Crippen LogP) is 2.94. The molecular weight excluding hydrogens is 194 g/mol. The van der Waals surface area contributed by atoms with Crippen molar-refractivity contribution in [1.82, 2.24) is 5.32 Å². The molecule has 1 aromatic rings. The molecule has 1 fully saturated rings. The summed E-state index contributed by atoms with van der Waals surface area (Å²) in [5, 5.41) is 4.36. The Morgan fingerprint density at radius 1 is 1.50 bits per heavy atom. The second-order valence-corrected chi connectivity index (χ2v) is 4.50. The van der Waals surface area contributed by atoms with Crippen LogP contribution in [-0.4, -0.2) is 12.6 Å². The molecule has 0 bridgehead atoms. The highest BCUT2D eigenvalue weighted by Crippen LogP contribution is 2.19. The molecule has 14 heavy (non-hydrogen) atoms. The van der Waals surface area contributed by atoms with E-state index in [-0.39, 0.29) is 0 Å². The normalized spacial score (nSPS) is 21.4. The molecule has 0 aliphatic carbocycles. The third kappa shape index (κ3) is 2.28. The molecule has 1 nitrogen and oxygen atoms in total. The van der Waals surface area contributed by atoms with E-state index in [4.69, 9.17) is 11.6 Å². The van der Waals surface area contributed by atoms with Gasteiger partial charge in [0.15, 0.2) is 0 Å². The van der Waals surface area contributed by atoms with Crippen LogP contribution in [-0.2, 0) is 6.42 Å². The van der Waals surface area contributed by atoms with Crippen molar-refractivity contribution in [2.75, 3.05) is 6.54 Å². The maximum absolute atomic E-state index is 5.98. The Balaban J connectivity index is 2.10. The van der Waals surface area contributed by atoms with Crippen LogP contribution in [0, 0.1) is 6.92 Å². The zero-order valence-corrected chi connectivity index (χ0v) is 9.27. The maximum Gasteiger partial charge on any atom is 0.0408 e. The van der Waals surface area contributed by atoms with Crippen LogP contribution in [0.1, 0.15) is 24.0 Å². The van der Waals surface area contributed by atoms with Crippen LogP contribution >= 0.6 is 11.6 Å². The van der Waals surface area contributed by atoms with E-state index in [0.29, 0.717) is 6.04 Å². The molecule has 1 aromatic carbocycles. The number of rotatable bonds is 2. The van der Waals surface area contributed by atoms with E-state index >= 15 is 0 Å². The summed E-state index contributed by atoms with van der Waals surface area (Å²) in [6, 6.07) is 6.82. The summed E-state index contributed by atoms with van der Waals surface area (Å²) < 4.78 is 0. The summed E-state index contributed by atoms with van der Waals surface area (Å²) in [4.78, 5) is 0. The monoisotopic (exact) mass is 209 g/mol. The van der Waals surface area contributed by atoms with Crippen LogP contribution in [0.25, 0.3) is 0 Å². The third-order valence-electron chi connectivity index (χ3n) is 2.94. The highest BCUT2D eigenvalue weighted by atomic mass is 35.5. The number of aryl methyl sites for hydroxylation is 1. The average Bonchev–Trinajstić information content (AvgIpc) is 2.64. The van der Waals surface area contributed by atoms with Crippen molar-refractivity contribution in [3.63, 3.8) is 0 Å². The van der Waals surface area contributed by atoms with Gasteiger partial charge in [-0.25, -0.2) is 0 Å². The molecule has 1 N–H and O–H groups in total. The summed E-state index contributed by atoms with van der Waals surface area (Å²) in [6.07, 6.45) is 3.72. The molecular formula is C12H16ClN. The first-order valence-corrected chi connectivity index (χ1v) is 5.62. The van der Waals surface area contributed by atoms with Gasteiger partial charge in [-0.05, 0) is 56.0 Å². The Kier molecular flexibility index (Phi) is 3.09. The molecule has 0 radical (unpaired) electrons. The summed E-state index contributed by atoms with van der Waals surface area (Å²) in [5.74, 6) is 0. The lowest BCUT2D eigenvalue weighted by atomic mass is 10.0. The van der Waals surface area contributed by atoms with Gasteiger partial charge in [-0.3, -0.25) is 0 Å². The Labute approximate surface area is 90.5 Å². The second kappa shape index (κ2) is 4.33. The first-order valence-electron chi connectivity index (χ1n) is 5.24. The highest BCUT2D eigenvalue weighted by molar-refractivity contribution is 6.30. The highest BCUT2D eigenvalue weighted by Gasteiger charge is 2.15. The third-order valence-corrected chi connectivity index (χ3v) is 3.17. The van der Waals surface area contributed by atoms with Gasteiger partial charge in [-0.1, -0.05) is 17.7 Å². The fourth-order valence-electron chi connectivity index (χ4n) is 2.06. The summed E-state index contributed by atoms with van der Waals surface area (Å²) >= 11 is 5.98. The van der Waals surface area contributed by atoms with Gasteiger partial charge in [0.1, 0.15) is 0 Å². The maximum atomic E-state index is 5.98. The van der Waals surface area contributed by atoms with Crippen molar-refractivity contribution in [3.8, 4) is 0 Å². The van der Waals surface area contributed by atoms with Crippen molar-refractivity contribution in [3.05, 3.63) is 34.3 Å². The van der Waals surface area contributed by atoms with E-state index in [9.17, 15) is 0 Å². The van der Waals surface area contributed by atoms with E-state index < -0.39 is 0 Å². The van der Waals surface area contributed by atoms with E-state index in [2.05, 4.69) is 24.4 Å². The van der Waals surface area contributed by atoms with Gasteiger partial charge in [0.2, 0.25) is 0 Å². The molecule has 1 saturated heterocycles. The molecule has 1 heterocycles. The molecule has 0 spiro atoms. The van der Waals surface area contributed by atoms with Gasteiger partial charge in [-0.15, -0.1) is 0 Å². The molecule has 1 aliphatic heterocycles. The Bertz CT molecular complexity index is 316. The van der Waals surface area contributed by atoms with Gasteiger partial charge in [0.25, 0.3) is 0 Å². The lowest BCUT2D eigenvalue weighted by molar-refractivity contribution is 0.601. The Morgan fingerprint density at radius 2 is 2.36 bits per heavy atom. The van der Waals surface area contributed by atoms with Crippen molar-refractivity contribution in [1.29, 1.82) is 0 Å². The first-order chi connectivity index (χ1) is 6.75. The molecule has 0 aromatic heterocycles. The molecule has 0 saturated carbocycles. The topological polar surface area (TPSA) is 12.0 Å². The van der Waals surface area contributed by atoms with E-state index in [1.807, 2.05) is 6.07 Å². The summed E-state index contributed by atoms with van der Waals surface area (Å²) in [7, 11) is 0. The fourth-order valence-corrected chi connectivity index (χ4v) is 2.25. The Hall–Kier alpha value is -0.530. The zero-order chi connectivity index (χ0) is 9.97. The molecule has 1 atom stereocenters. The summed E-state index contributed by atoms with van der Waals surface area (Å²) in [5.41, 5.74) is 2.74. The minimum Gasteiger partial charge on any atom is -0.314 e. The number of halogens is 1. The fraction of sp³-hybridized carbons (Fsp3) is 0.500. The van der Waals surface area contributed by atoms with Crippen LogP contribution < -0.4 is 5.32 Å². The van der Waals surface area contributed by atoms with Crippen LogP contribution in [0.3, 0.4) is 0 Å². The van der Waals surface area contributed by atoms with Crippen LogP contribution in [0.5, 0.6) is 0 Å². The standard InChI is InChI=1S/C12H16ClN/c1-9-4-5-11(13)7-10(9)8-12-3-2-6-14-12/h4-5,7,12,14H,2-3,6,8H2,1H3. The van der Waals surface area contributed by atoms with Crippen molar-refractivity contribution >= 4 is 11.6 Å². The number of hydrogen-bond acceptors (Lipinski definition) is 1. The second-order valence-electron chi connectivity index (χ2n) is 4.07. The first kappa shape index (κ1) is 10.0. The SMILES string of the molecule is Cc1ccc(Cl)cc1CC1CCCN1. The molecule has 1 aliphatic rings. The molecule has 76 valence electrons. The number of benzene rings is 1. The Morgan fingerprint density at radius 3 is 3.07 bits per heavy atom. The van der Waals surface area contributed by atoms with Gasteiger partial charge < -0.3 is 5.32 Å². The summed E-state index contributed by atoms with van der Waals surface area (Å²) in [6.45, 7) is 3.32. The smallest absolute Gasteiger partial charge is 0.0408 e. The van der Waals surface area contributed by atoms with Gasteiger partial charge >= 0.3 is 0 Å². The minimum absolute atomic E-state index is 0.659. The number of hydrogen-bond donors (Lipinski definition) is 1. The average molecular weight is 210 g/mol. The lowest BCUT2D eigenvalue weighted by Gasteiger charge is -2.12. The van der Waals surface area contributed by atoms with Crippen LogP contribution in [0.2, 0.25) is 5.02 Å². The van der Waals surface area contributed by atoms with Crippen molar-refractivity contribution in [2.45, 2.75) is 32.2 Å². The van der Waals surface area contributed by atoms with E-state index in [1.165, 1.54) is 30.5 Å². The zero-order valence-electron chi connectivity index (χ0n) is 8.52. The van der Waals surface area contributed by atoms with Crippen LogP contribution in [0.15, 0.2) is 18.2 Å². The van der Waals surface area contributed by atoms with E-state index in [0.717, 1.165) is 11.4 Å². The lowest BCUT2D eigenvalue weighted by Crippen LogP contribution is -2.23. The predicted molar refractivity (Wildman–Crippen MR) is 60.9 cm³/mol. The van der Waals surface area contributed by atoms with Gasteiger partial charge in [0.05, 0.1) is 0 Å². The quantitative estimate of drug-likeness (QED) is 0.790. The van der Waals surface area contributed by atoms with Gasteiger partial charge in [-0.2, -0.15) is 0 Å². The molecule has 2 rings (SSSR count). The molecule has 2 heteroatoms. The number of nitrogens with one attached hydrogen (secondary N) is 1. The van der Waals surface area contributed by atoms with E-state index in [1.54, 1.807) is 0 Å². The van der Waals surface area contributed by atoms with Gasteiger partial charge in [0, 0.05) is 11.1 Å².